The average molecular weight is 597 g/mol. The van der Waals surface area contributed by atoms with E-state index in [0.717, 1.165) is 47.5 Å². The number of hydrogen-bond acceptors (Lipinski definition) is 6. The van der Waals surface area contributed by atoms with Gasteiger partial charge in [0.1, 0.15) is 6.10 Å². The summed E-state index contributed by atoms with van der Waals surface area (Å²) in [7, 11) is 6.32. The monoisotopic (exact) mass is 596 g/mol. The standard InChI is InChI=1S/C18H24N4O.C17H20N2O2/c1-21-13-6-5-7-14(21)11-12(10-13)19-18(23)17-15-8-3-4-9-16(15)22(2)20-17;1-19-11-6-7-12(19)9-13(8-11)21-17(20)15-10-18-16-5-3-2-4-14(15)16/h3-4,8-9,12-14H,5-7,10-11H2,1-2H3,(H,19,23);2-5,10-13,18H,6-9H2,1H3/t12?,13-,14+;11-,12+,13?. The van der Waals surface area contributed by atoms with Crippen LogP contribution < -0.4 is 5.32 Å². The van der Waals surface area contributed by atoms with Gasteiger partial charge in [0.15, 0.2) is 5.69 Å². The Morgan fingerprint density at radius 3 is 2.14 bits per heavy atom. The van der Waals surface area contributed by atoms with E-state index in [9.17, 15) is 9.59 Å². The van der Waals surface area contributed by atoms with Crippen LogP contribution in [0.25, 0.3) is 21.8 Å². The van der Waals surface area contributed by atoms with Crippen LogP contribution in [0.2, 0.25) is 0 Å². The fraction of sp³-hybridized carbons (Fsp3) is 0.514. The highest BCUT2D eigenvalue weighted by Gasteiger charge is 2.40. The molecule has 44 heavy (non-hydrogen) atoms. The zero-order valence-corrected chi connectivity index (χ0v) is 26.0. The molecule has 0 aliphatic carbocycles. The van der Waals surface area contributed by atoms with Gasteiger partial charge in [-0.1, -0.05) is 42.8 Å². The summed E-state index contributed by atoms with van der Waals surface area (Å²) in [6.07, 6.45) is 12.2. The van der Waals surface area contributed by atoms with Crippen LogP contribution in [0.15, 0.2) is 54.7 Å². The Balaban J connectivity index is 0.000000143. The van der Waals surface area contributed by atoms with E-state index >= 15 is 0 Å². The van der Waals surface area contributed by atoms with Crippen LogP contribution in [0.3, 0.4) is 0 Å². The van der Waals surface area contributed by atoms with Gasteiger partial charge >= 0.3 is 5.97 Å². The second-order valence-electron chi connectivity index (χ2n) is 13.3. The van der Waals surface area contributed by atoms with E-state index in [1.165, 1.54) is 32.1 Å². The maximum Gasteiger partial charge on any atom is 0.340 e. The number of aryl methyl sites for hydroxylation is 1. The van der Waals surface area contributed by atoms with E-state index in [1.807, 2.05) is 55.6 Å². The minimum Gasteiger partial charge on any atom is -0.459 e. The van der Waals surface area contributed by atoms with Gasteiger partial charge in [0, 0.05) is 72.6 Å². The number of rotatable bonds is 4. The van der Waals surface area contributed by atoms with Crippen molar-refractivity contribution in [3.05, 3.63) is 66.0 Å². The number of para-hydroxylation sites is 2. The number of piperidine rings is 3. The maximum atomic E-state index is 12.7. The molecule has 2 unspecified atom stereocenters. The van der Waals surface area contributed by atoms with E-state index in [-0.39, 0.29) is 24.0 Å². The van der Waals surface area contributed by atoms with Crippen molar-refractivity contribution in [3.63, 3.8) is 0 Å². The lowest BCUT2D eigenvalue weighted by Crippen LogP contribution is -2.55. The number of aromatic amines is 1. The first-order valence-corrected chi connectivity index (χ1v) is 16.3. The quantitative estimate of drug-likeness (QED) is 0.312. The van der Waals surface area contributed by atoms with Crippen molar-refractivity contribution in [2.24, 2.45) is 7.05 Å². The number of amides is 1. The minimum atomic E-state index is -0.193. The summed E-state index contributed by atoms with van der Waals surface area (Å²) in [6.45, 7) is 0. The molecule has 0 spiro atoms. The number of carbonyl (C=O) groups is 2. The van der Waals surface area contributed by atoms with Gasteiger partial charge in [0.2, 0.25) is 0 Å². The number of carbonyl (C=O) groups excluding carboxylic acids is 2. The SMILES string of the molecule is CN1[C@@H]2CCC[C@H]1CC(NC(=O)c1nn(C)c3ccccc13)C2.CN1[C@@H]2CC[C@H]1CC(OC(=O)c1c[nH]c3ccccc13)C2. The molecule has 8 rings (SSSR count). The summed E-state index contributed by atoms with van der Waals surface area (Å²) in [5.41, 5.74) is 3.18. The summed E-state index contributed by atoms with van der Waals surface area (Å²) < 4.78 is 7.57. The van der Waals surface area contributed by atoms with Gasteiger partial charge in [0.05, 0.1) is 11.1 Å². The highest BCUT2D eigenvalue weighted by Crippen LogP contribution is 2.36. The fourth-order valence-electron chi connectivity index (χ4n) is 8.28. The molecule has 4 fully saturated rings. The van der Waals surface area contributed by atoms with Crippen LogP contribution >= 0.6 is 0 Å². The Kier molecular flexibility index (Phi) is 7.93. The molecule has 4 bridgehead atoms. The molecule has 232 valence electrons. The molecule has 0 saturated carbocycles. The average Bonchev–Trinajstić information content (AvgIpc) is 3.65. The van der Waals surface area contributed by atoms with Crippen molar-refractivity contribution in [3.8, 4) is 0 Å². The molecule has 4 aliphatic rings. The van der Waals surface area contributed by atoms with Crippen LogP contribution in [0, 0.1) is 0 Å². The molecule has 4 saturated heterocycles. The third-order valence-corrected chi connectivity index (χ3v) is 10.8. The summed E-state index contributed by atoms with van der Waals surface area (Å²) in [5, 5.41) is 9.56. The van der Waals surface area contributed by atoms with Gasteiger partial charge in [-0.25, -0.2) is 4.79 Å². The van der Waals surface area contributed by atoms with Gasteiger partial charge < -0.3 is 24.8 Å². The Bertz CT molecular complexity index is 1630. The zero-order chi connectivity index (χ0) is 30.4. The lowest BCUT2D eigenvalue weighted by Gasteiger charge is -2.47. The van der Waals surface area contributed by atoms with Crippen LogP contribution in [-0.4, -0.2) is 86.8 Å². The molecule has 1 amide bonds. The Labute approximate surface area is 258 Å². The third kappa shape index (κ3) is 5.52. The topological polar surface area (TPSA) is 95.5 Å². The van der Waals surface area contributed by atoms with E-state index in [4.69, 9.17) is 4.74 Å². The van der Waals surface area contributed by atoms with Crippen LogP contribution in [0.4, 0.5) is 0 Å². The largest absolute Gasteiger partial charge is 0.459 e. The van der Waals surface area contributed by atoms with Crippen LogP contribution in [0.1, 0.15) is 78.6 Å². The fourth-order valence-corrected chi connectivity index (χ4v) is 8.28. The summed E-state index contributed by atoms with van der Waals surface area (Å²) in [5.74, 6) is -0.226. The number of nitrogens with zero attached hydrogens (tertiary/aromatic N) is 4. The molecule has 9 nitrogen and oxygen atoms in total. The molecule has 4 aromatic rings. The molecule has 2 aromatic carbocycles. The van der Waals surface area contributed by atoms with Gasteiger partial charge in [-0.2, -0.15) is 5.10 Å². The van der Waals surface area contributed by atoms with Gasteiger partial charge in [-0.05, 0) is 64.8 Å². The number of hydrogen-bond donors (Lipinski definition) is 2. The van der Waals surface area contributed by atoms with Crippen molar-refractivity contribution in [2.45, 2.75) is 94.1 Å². The number of aromatic nitrogens is 3. The summed E-state index contributed by atoms with van der Waals surface area (Å²) >= 11 is 0. The van der Waals surface area contributed by atoms with Gasteiger partial charge in [-0.3, -0.25) is 9.48 Å². The number of nitrogens with one attached hydrogen (secondary N) is 2. The lowest BCUT2D eigenvalue weighted by molar-refractivity contribution is -0.000272. The Hall–Kier alpha value is -3.69. The van der Waals surface area contributed by atoms with E-state index in [2.05, 4.69) is 39.3 Å². The number of H-pyrrole nitrogens is 1. The molecule has 2 aromatic heterocycles. The first-order valence-electron chi connectivity index (χ1n) is 16.3. The van der Waals surface area contributed by atoms with Crippen LogP contribution in [-0.2, 0) is 11.8 Å². The predicted molar refractivity (Wildman–Crippen MR) is 172 cm³/mol. The number of esters is 1. The van der Waals surface area contributed by atoms with E-state index in [1.54, 1.807) is 10.9 Å². The normalized spacial score (nSPS) is 28.4. The first-order chi connectivity index (χ1) is 21.4. The minimum absolute atomic E-state index is 0.0329. The predicted octanol–water partition coefficient (Wildman–Crippen LogP) is 5.27. The summed E-state index contributed by atoms with van der Waals surface area (Å²) in [4.78, 5) is 33.3. The molecule has 6 atom stereocenters. The third-order valence-electron chi connectivity index (χ3n) is 10.8. The van der Waals surface area contributed by atoms with Crippen molar-refractivity contribution in [1.82, 2.24) is 29.9 Å². The zero-order valence-electron chi connectivity index (χ0n) is 26.0. The number of fused-ring (bicyclic) bond motifs is 6. The number of ether oxygens (including phenoxy) is 1. The van der Waals surface area contributed by atoms with E-state index < -0.39 is 0 Å². The molecule has 4 aliphatic heterocycles. The van der Waals surface area contributed by atoms with Crippen molar-refractivity contribution in [1.29, 1.82) is 0 Å². The van der Waals surface area contributed by atoms with Crippen molar-refractivity contribution >= 4 is 33.7 Å². The Morgan fingerprint density at radius 2 is 1.43 bits per heavy atom. The highest BCUT2D eigenvalue weighted by molar-refractivity contribution is 6.05. The molecular weight excluding hydrogens is 552 g/mol. The maximum absolute atomic E-state index is 12.7. The molecule has 6 heterocycles. The molecule has 2 N–H and O–H groups in total. The molecular formula is C35H44N6O3. The van der Waals surface area contributed by atoms with Gasteiger partial charge in [0.25, 0.3) is 5.91 Å². The highest BCUT2D eigenvalue weighted by atomic mass is 16.5. The smallest absolute Gasteiger partial charge is 0.340 e. The van der Waals surface area contributed by atoms with Crippen molar-refractivity contribution in [2.75, 3.05) is 14.1 Å². The van der Waals surface area contributed by atoms with Gasteiger partial charge in [-0.15, -0.1) is 0 Å². The second-order valence-corrected chi connectivity index (χ2v) is 13.3. The summed E-state index contributed by atoms with van der Waals surface area (Å²) in [6, 6.07) is 18.4. The second kappa shape index (κ2) is 12.0. The number of benzene rings is 2. The lowest BCUT2D eigenvalue weighted by atomic mass is 9.82. The van der Waals surface area contributed by atoms with E-state index in [0.29, 0.717) is 35.4 Å². The van der Waals surface area contributed by atoms with Crippen LogP contribution in [0.5, 0.6) is 0 Å². The van der Waals surface area contributed by atoms with Crippen molar-refractivity contribution < 1.29 is 14.3 Å². The molecule has 0 radical (unpaired) electrons. The first kappa shape index (κ1) is 29.0. The molecule has 9 heteroatoms. The Morgan fingerprint density at radius 1 is 0.818 bits per heavy atom.